The second-order valence-corrected chi connectivity index (χ2v) is 5.89. The lowest BCUT2D eigenvalue weighted by Crippen LogP contribution is -2.50. The SMILES string of the molecule is CCN(Cc1ccccc1Cl)C(=O)C(C)(N)c1ccccc1.Cl. The maximum atomic E-state index is 12.9. The van der Waals surface area contributed by atoms with Crippen LogP contribution in [0.3, 0.4) is 0 Å². The Morgan fingerprint density at radius 1 is 1.13 bits per heavy atom. The van der Waals surface area contributed by atoms with E-state index < -0.39 is 5.54 Å². The molecule has 23 heavy (non-hydrogen) atoms. The van der Waals surface area contributed by atoms with Gasteiger partial charge in [-0.05, 0) is 31.0 Å². The minimum absolute atomic E-state index is 0. The summed E-state index contributed by atoms with van der Waals surface area (Å²) in [5.41, 5.74) is 6.99. The van der Waals surface area contributed by atoms with Crippen LogP contribution >= 0.6 is 24.0 Å². The molecular weight excluding hydrogens is 331 g/mol. The quantitative estimate of drug-likeness (QED) is 0.884. The van der Waals surface area contributed by atoms with E-state index in [1.54, 1.807) is 11.8 Å². The highest BCUT2D eigenvalue weighted by Crippen LogP contribution is 2.23. The fourth-order valence-electron chi connectivity index (χ4n) is 2.40. The molecule has 1 atom stereocenters. The van der Waals surface area contributed by atoms with E-state index in [1.165, 1.54) is 0 Å². The summed E-state index contributed by atoms with van der Waals surface area (Å²) in [5, 5.41) is 0.659. The van der Waals surface area contributed by atoms with Crippen LogP contribution < -0.4 is 5.73 Å². The minimum atomic E-state index is -1.06. The summed E-state index contributed by atoms with van der Waals surface area (Å²) in [6, 6.07) is 17.0. The van der Waals surface area contributed by atoms with Gasteiger partial charge in [0.15, 0.2) is 0 Å². The minimum Gasteiger partial charge on any atom is -0.337 e. The van der Waals surface area contributed by atoms with Crippen molar-refractivity contribution in [3.05, 3.63) is 70.7 Å². The van der Waals surface area contributed by atoms with Gasteiger partial charge in [0.05, 0.1) is 0 Å². The number of carbonyl (C=O) groups is 1. The number of rotatable bonds is 5. The van der Waals surface area contributed by atoms with E-state index in [-0.39, 0.29) is 18.3 Å². The van der Waals surface area contributed by atoms with Crippen molar-refractivity contribution in [1.82, 2.24) is 4.90 Å². The number of benzene rings is 2. The standard InChI is InChI=1S/C18H21ClN2O.ClH/c1-3-21(13-14-9-7-8-12-16(14)19)17(22)18(2,20)15-10-5-4-6-11-15;/h4-12H,3,13,20H2,1-2H3;1H. The highest BCUT2D eigenvalue weighted by atomic mass is 35.5. The second kappa shape index (κ2) is 8.34. The van der Waals surface area contributed by atoms with Crippen molar-refractivity contribution in [2.75, 3.05) is 6.54 Å². The number of nitrogens with two attached hydrogens (primary N) is 1. The van der Waals surface area contributed by atoms with Crippen molar-refractivity contribution in [3.8, 4) is 0 Å². The van der Waals surface area contributed by atoms with Gasteiger partial charge in [-0.25, -0.2) is 0 Å². The maximum absolute atomic E-state index is 12.9. The summed E-state index contributed by atoms with van der Waals surface area (Å²) in [6.07, 6.45) is 0. The van der Waals surface area contributed by atoms with E-state index in [1.807, 2.05) is 61.5 Å². The molecule has 0 spiro atoms. The molecule has 1 amide bonds. The van der Waals surface area contributed by atoms with E-state index in [4.69, 9.17) is 17.3 Å². The second-order valence-electron chi connectivity index (χ2n) is 5.48. The van der Waals surface area contributed by atoms with Gasteiger partial charge in [0.2, 0.25) is 5.91 Å². The predicted molar refractivity (Wildman–Crippen MR) is 97.8 cm³/mol. The Morgan fingerprint density at radius 3 is 2.26 bits per heavy atom. The molecule has 2 aromatic carbocycles. The summed E-state index contributed by atoms with van der Waals surface area (Å²) >= 11 is 6.19. The van der Waals surface area contributed by atoms with Crippen LogP contribution in [0.15, 0.2) is 54.6 Å². The van der Waals surface area contributed by atoms with Crippen molar-refractivity contribution < 1.29 is 4.79 Å². The zero-order valence-corrected chi connectivity index (χ0v) is 14.9. The highest BCUT2D eigenvalue weighted by Gasteiger charge is 2.34. The molecule has 0 saturated carbocycles. The molecule has 0 aliphatic heterocycles. The first-order valence-corrected chi connectivity index (χ1v) is 7.71. The van der Waals surface area contributed by atoms with Gasteiger partial charge in [-0.15, -0.1) is 12.4 Å². The Kier molecular flexibility index (Phi) is 7.07. The third-order valence-corrected chi connectivity index (χ3v) is 4.17. The first-order chi connectivity index (χ1) is 10.5. The Hall–Kier alpha value is -1.55. The van der Waals surface area contributed by atoms with Gasteiger partial charge in [-0.2, -0.15) is 0 Å². The Balaban J connectivity index is 0.00000264. The molecule has 124 valence electrons. The smallest absolute Gasteiger partial charge is 0.247 e. The Labute approximate surface area is 148 Å². The molecule has 0 radical (unpaired) electrons. The lowest BCUT2D eigenvalue weighted by molar-refractivity contribution is -0.137. The number of nitrogens with zero attached hydrogens (tertiary/aromatic N) is 1. The summed E-state index contributed by atoms with van der Waals surface area (Å²) in [5.74, 6) is -0.110. The van der Waals surface area contributed by atoms with Gasteiger partial charge >= 0.3 is 0 Å². The summed E-state index contributed by atoms with van der Waals surface area (Å²) in [7, 11) is 0. The van der Waals surface area contributed by atoms with Crippen LogP contribution in [-0.2, 0) is 16.9 Å². The monoisotopic (exact) mass is 352 g/mol. The molecule has 0 fully saturated rings. The van der Waals surface area contributed by atoms with Gasteiger partial charge in [0.25, 0.3) is 0 Å². The zero-order valence-electron chi connectivity index (χ0n) is 13.3. The van der Waals surface area contributed by atoms with Crippen LogP contribution in [0.5, 0.6) is 0 Å². The van der Waals surface area contributed by atoms with Gasteiger partial charge in [-0.3, -0.25) is 4.79 Å². The largest absolute Gasteiger partial charge is 0.337 e. The van der Waals surface area contributed by atoms with Crippen molar-refractivity contribution in [1.29, 1.82) is 0 Å². The number of carbonyl (C=O) groups excluding carboxylic acids is 1. The number of halogens is 2. The van der Waals surface area contributed by atoms with Gasteiger partial charge in [-0.1, -0.05) is 60.1 Å². The predicted octanol–water partition coefficient (Wildman–Crippen LogP) is 3.98. The molecule has 5 heteroatoms. The molecule has 2 rings (SSSR count). The van der Waals surface area contributed by atoms with Gasteiger partial charge < -0.3 is 10.6 Å². The van der Waals surface area contributed by atoms with E-state index in [0.717, 1.165) is 11.1 Å². The fraction of sp³-hybridized carbons (Fsp3) is 0.278. The van der Waals surface area contributed by atoms with Crippen molar-refractivity contribution in [2.24, 2.45) is 5.73 Å². The summed E-state index contributed by atoms with van der Waals surface area (Å²) in [6.45, 7) is 4.72. The molecular formula is C18H22Cl2N2O. The number of amides is 1. The van der Waals surface area contributed by atoms with E-state index in [2.05, 4.69) is 0 Å². The molecule has 2 N–H and O–H groups in total. The van der Waals surface area contributed by atoms with Crippen molar-refractivity contribution in [2.45, 2.75) is 25.9 Å². The average molecular weight is 353 g/mol. The molecule has 0 saturated heterocycles. The normalized spacial score (nSPS) is 12.9. The van der Waals surface area contributed by atoms with Crippen molar-refractivity contribution in [3.63, 3.8) is 0 Å². The third kappa shape index (κ3) is 4.47. The van der Waals surface area contributed by atoms with Crippen molar-refractivity contribution >= 4 is 29.9 Å². The number of likely N-dealkylation sites (N-methyl/N-ethyl adjacent to an activating group) is 1. The average Bonchev–Trinajstić information content (AvgIpc) is 2.54. The van der Waals surface area contributed by atoms with Crippen LogP contribution in [0.4, 0.5) is 0 Å². The molecule has 0 aromatic heterocycles. The number of hydrogen-bond donors (Lipinski definition) is 1. The van der Waals surface area contributed by atoms with Crippen LogP contribution in [0.2, 0.25) is 5.02 Å². The van der Waals surface area contributed by atoms with Crippen LogP contribution in [-0.4, -0.2) is 17.4 Å². The van der Waals surface area contributed by atoms with E-state index in [9.17, 15) is 4.79 Å². The molecule has 0 aliphatic carbocycles. The molecule has 1 unspecified atom stereocenters. The molecule has 2 aromatic rings. The van der Waals surface area contributed by atoms with E-state index in [0.29, 0.717) is 18.1 Å². The molecule has 3 nitrogen and oxygen atoms in total. The fourth-order valence-corrected chi connectivity index (χ4v) is 2.59. The van der Waals surface area contributed by atoms with Gasteiger partial charge in [0, 0.05) is 18.1 Å². The third-order valence-electron chi connectivity index (χ3n) is 3.81. The van der Waals surface area contributed by atoms with Crippen LogP contribution in [0.1, 0.15) is 25.0 Å². The lowest BCUT2D eigenvalue weighted by atomic mass is 9.91. The number of hydrogen-bond acceptors (Lipinski definition) is 2. The first kappa shape index (κ1) is 19.5. The van der Waals surface area contributed by atoms with Gasteiger partial charge in [0.1, 0.15) is 5.54 Å². The Bertz CT molecular complexity index is 644. The van der Waals surface area contributed by atoms with E-state index >= 15 is 0 Å². The molecule has 0 aliphatic rings. The first-order valence-electron chi connectivity index (χ1n) is 7.34. The summed E-state index contributed by atoms with van der Waals surface area (Å²) in [4.78, 5) is 14.6. The lowest BCUT2D eigenvalue weighted by Gasteiger charge is -2.31. The molecule has 0 bridgehead atoms. The maximum Gasteiger partial charge on any atom is 0.247 e. The molecule has 0 heterocycles. The Morgan fingerprint density at radius 2 is 1.70 bits per heavy atom. The zero-order chi connectivity index (χ0) is 16.2. The summed E-state index contributed by atoms with van der Waals surface area (Å²) < 4.78 is 0. The highest BCUT2D eigenvalue weighted by molar-refractivity contribution is 6.31. The van der Waals surface area contributed by atoms with Crippen LogP contribution in [0.25, 0.3) is 0 Å². The van der Waals surface area contributed by atoms with Crippen LogP contribution in [0, 0.1) is 0 Å². The topological polar surface area (TPSA) is 46.3 Å².